The smallest absolute Gasteiger partial charge is 0.241 e. The van der Waals surface area contributed by atoms with E-state index in [1.54, 1.807) is 0 Å². The van der Waals surface area contributed by atoms with Crippen LogP contribution in [0.5, 0.6) is 0 Å². The first kappa shape index (κ1) is 14.4. The number of anilines is 1. The lowest BCUT2D eigenvalue weighted by molar-refractivity contribution is -0.0249. The number of hydrogen-bond donors (Lipinski definition) is 1. The fourth-order valence-electron chi connectivity index (χ4n) is 3.11. The Balaban J connectivity index is 1.48. The second-order valence-electron chi connectivity index (χ2n) is 6.34. The summed E-state index contributed by atoms with van der Waals surface area (Å²) in [5.74, 6) is 1.20. The minimum atomic E-state index is 0.561. The number of rotatable bonds is 4. The highest BCUT2D eigenvalue weighted by Crippen LogP contribution is 2.27. The van der Waals surface area contributed by atoms with Crippen molar-refractivity contribution in [1.29, 1.82) is 0 Å². The van der Waals surface area contributed by atoms with E-state index in [0.29, 0.717) is 11.9 Å². The summed E-state index contributed by atoms with van der Waals surface area (Å²) in [6.07, 6.45) is 5.65. The van der Waals surface area contributed by atoms with Gasteiger partial charge in [-0.2, -0.15) is 0 Å². The number of aromatic nitrogens is 4. The van der Waals surface area contributed by atoms with Crippen LogP contribution in [0.2, 0.25) is 0 Å². The van der Waals surface area contributed by atoms with Crippen LogP contribution in [-0.2, 0) is 4.74 Å². The fourth-order valence-corrected chi connectivity index (χ4v) is 3.11. The summed E-state index contributed by atoms with van der Waals surface area (Å²) in [5.41, 5.74) is 4.24. The van der Waals surface area contributed by atoms with Crippen molar-refractivity contribution < 1.29 is 4.74 Å². The highest BCUT2D eigenvalue weighted by Gasteiger charge is 2.18. The van der Waals surface area contributed by atoms with Crippen molar-refractivity contribution in [3.63, 3.8) is 0 Å². The summed E-state index contributed by atoms with van der Waals surface area (Å²) in [6, 6.07) is 12.4. The van der Waals surface area contributed by atoms with Crippen LogP contribution >= 0.6 is 0 Å². The van der Waals surface area contributed by atoms with Gasteiger partial charge in [-0.3, -0.25) is 4.98 Å². The molecule has 1 aromatic carbocycles. The van der Waals surface area contributed by atoms with Gasteiger partial charge in [-0.05, 0) is 29.8 Å². The van der Waals surface area contributed by atoms with Crippen LogP contribution in [0.25, 0.3) is 27.5 Å². The molecule has 6 heteroatoms. The van der Waals surface area contributed by atoms with Gasteiger partial charge in [0.15, 0.2) is 0 Å². The predicted octanol–water partition coefficient (Wildman–Crippen LogP) is 3.00. The molecule has 124 valence electrons. The standard InChI is InChI=1S/C19H17N5O/c1-2-15-8-14(3-4-17(15)20-6-1)16-5-7-24-18(16)10-22-19(23-24)21-9-13-11-25-12-13/h1-8,10,13H,9,11-12H2,(H,21,23). The van der Waals surface area contributed by atoms with Crippen LogP contribution in [0.4, 0.5) is 5.95 Å². The SMILES string of the molecule is c1cnc2ccc(-c3ccn4nc(NCC5COC5)ncc34)cc2c1. The minimum absolute atomic E-state index is 0.561. The van der Waals surface area contributed by atoms with Crippen LogP contribution in [0, 0.1) is 5.92 Å². The van der Waals surface area contributed by atoms with Crippen molar-refractivity contribution in [1.82, 2.24) is 19.6 Å². The van der Waals surface area contributed by atoms with Crippen molar-refractivity contribution >= 4 is 22.4 Å². The summed E-state index contributed by atoms with van der Waals surface area (Å²) in [7, 11) is 0. The van der Waals surface area contributed by atoms with E-state index < -0.39 is 0 Å². The minimum Gasteiger partial charge on any atom is -0.381 e. The second kappa shape index (κ2) is 5.82. The Kier molecular flexibility index (Phi) is 3.34. The number of fused-ring (bicyclic) bond motifs is 2. The van der Waals surface area contributed by atoms with Gasteiger partial charge < -0.3 is 10.1 Å². The molecule has 0 atom stereocenters. The zero-order valence-electron chi connectivity index (χ0n) is 13.6. The maximum Gasteiger partial charge on any atom is 0.241 e. The maximum absolute atomic E-state index is 5.19. The molecule has 1 N–H and O–H groups in total. The number of hydrogen-bond acceptors (Lipinski definition) is 5. The summed E-state index contributed by atoms with van der Waals surface area (Å²) >= 11 is 0. The van der Waals surface area contributed by atoms with Gasteiger partial charge in [0.05, 0.1) is 30.4 Å². The summed E-state index contributed by atoms with van der Waals surface area (Å²) < 4.78 is 7.06. The molecule has 6 nitrogen and oxygen atoms in total. The Labute approximate surface area is 144 Å². The monoisotopic (exact) mass is 331 g/mol. The van der Waals surface area contributed by atoms with Gasteiger partial charge in [0.1, 0.15) is 0 Å². The van der Waals surface area contributed by atoms with Crippen LogP contribution in [-0.4, -0.2) is 39.3 Å². The number of nitrogens with zero attached hydrogens (tertiary/aromatic N) is 4. The first-order chi connectivity index (χ1) is 12.4. The van der Waals surface area contributed by atoms with Gasteiger partial charge in [-0.1, -0.05) is 12.1 Å². The quantitative estimate of drug-likeness (QED) is 0.623. The molecule has 0 spiro atoms. The average Bonchev–Trinajstić information content (AvgIpc) is 3.03. The highest BCUT2D eigenvalue weighted by atomic mass is 16.5. The molecule has 25 heavy (non-hydrogen) atoms. The zero-order chi connectivity index (χ0) is 16.6. The van der Waals surface area contributed by atoms with Crippen molar-refractivity contribution in [2.75, 3.05) is 25.1 Å². The second-order valence-corrected chi connectivity index (χ2v) is 6.34. The topological polar surface area (TPSA) is 64.3 Å². The van der Waals surface area contributed by atoms with Crippen LogP contribution in [0.3, 0.4) is 0 Å². The summed E-state index contributed by atoms with van der Waals surface area (Å²) in [6.45, 7) is 2.48. The van der Waals surface area contributed by atoms with Crippen molar-refractivity contribution in [3.05, 3.63) is 55.0 Å². The molecule has 0 aliphatic carbocycles. The largest absolute Gasteiger partial charge is 0.381 e. The Morgan fingerprint density at radius 2 is 2.12 bits per heavy atom. The van der Waals surface area contributed by atoms with Gasteiger partial charge in [-0.15, -0.1) is 5.10 Å². The molecule has 1 fully saturated rings. The molecule has 0 radical (unpaired) electrons. The van der Waals surface area contributed by atoms with Gasteiger partial charge in [0.2, 0.25) is 5.95 Å². The molecule has 4 heterocycles. The first-order valence-electron chi connectivity index (χ1n) is 8.38. The highest BCUT2D eigenvalue weighted by molar-refractivity contribution is 5.88. The molecular formula is C19H17N5O. The molecule has 5 rings (SSSR count). The van der Waals surface area contributed by atoms with Gasteiger partial charge >= 0.3 is 0 Å². The predicted molar refractivity (Wildman–Crippen MR) is 96.5 cm³/mol. The average molecular weight is 331 g/mol. The lowest BCUT2D eigenvalue weighted by atomic mass is 10.0. The molecule has 1 aliphatic rings. The fraction of sp³-hybridized carbons (Fsp3) is 0.211. The van der Waals surface area contributed by atoms with Crippen LogP contribution in [0.15, 0.2) is 55.0 Å². The van der Waals surface area contributed by atoms with E-state index in [0.717, 1.165) is 47.3 Å². The summed E-state index contributed by atoms with van der Waals surface area (Å²) in [4.78, 5) is 8.84. The van der Waals surface area contributed by atoms with Crippen LogP contribution in [0.1, 0.15) is 0 Å². The van der Waals surface area contributed by atoms with E-state index in [1.165, 1.54) is 0 Å². The lowest BCUT2D eigenvalue weighted by Crippen LogP contribution is -2.33. The Bertz CT molecular complexity index is 1050. The van der Waals surface area contributed by atoms with Gasteiger partial charge in [0.25, 0.3) is 0 Å². The molecule has 0 unspecified atom stereocenters. The maximum atomic E-state index is 5.19. The third-order valence-electron chi connectivity index (χ3n) is 4.59. The molecule has 4 aromatic rings. The van der Waals surface area contributed by atoms with Crippen molar-refractivity contribution in [3.8, 4) is 11.1 Å². The molecule has 0 amide bonds. The Morgan fingerprint density at radius 1 is 1.16 bits per heavy atom. The van der Waals surface area contributed by atoms with E-state index in [-0.39, 0.29) is 0 Å². The number of benzene rings is 1. The molecule has 1 aliphatic heterocycles. The van der Waals surface area contributed by atoms with Gasteiger partial charge in [-0.25, -0.2) is 9.50 Å². The third-order valence-corrected chi connectivity index (χ3v) is 4.59. The van der Waals surface area contributed by atoms with Crippen molar-refractivity contribution in [2.24, 2.45) is 5.92 Å². The normalized spacial score (nSPS) is 14.7. The first-order valence-corrected chi connectivity index (χ1v) is 8.38. The molecule has 3 aromatic heterocycles. The summed E-state index contributed by atoms with van der Waals surface area (Å²) in [5, 5.41) is 8.96. The third kappa shape index (κ3) is 2.60. The zero-order valence-corrected chi connectivity index (χ0v) is 13.6. The van der Waals surface area contributed by atoms with E-state index in [4.69, 9.17) is 4.74 Å². The Morgan fingerprint density at radius 3 is 3.00 bits per heavy atom. The number of ether oxygens (including phenoxy) is 1. The lowest BCUT2D eigenvalue weighted by Gasteiger charge is -2.25. The molecule has 1 saturated heterocycles. The molecular weight excluding hydrogens is 314 g/mol. The molecule has 0 saturated carbocycles. The van der Waals surface area contributed by atoms with E-state index in [9.17, 15) is 0 Å². The Hall–Kier alpha value is -2.99. The number of nitrogens with one attached hydrogen (secondary N) is 1. The van der Waals surface area contributed by atoms with Gasteiger partial charge in [0, 0.05) is 35.8 Å². The van der Waals surface area contributed by atoms with E-state index in [1.807, 2.05) is 35.2 Å². The van der Waals surface area contributed by atoms with Crippen LogP contribution < -0.4 is 5.32 Å². The molecule has 0 bridgehead atoms. The van der Waals surface area contributed by atoms with E-state index >= 15 is 0 Å². The van der Waals surface area contributed by atoms with E-state index in [2.05, 4.69) is 44.6 Å². The number of pyridine rings is 1. The van der Waals surface area contributed by atoms with Crippen molar-refractivity contribution in [2.45, 2.75) is 0 Å².